The van der Waals surface area contributed by atoms with Crippen LogP contribution in [0.5, 0.6) is 5.75 Å². The Kier molecular flexibility index (Phi) is 16.6. The second-order valence-electron chi connectivity index (χ2n) is 5.26. The molecule has 0 unspecified atom stereocenters. The standard InChI is InChI=1S/C20H32O7/c1-2-21-8-9-22-10-11-23-12-13-24-14-15-25-16-17-26-18-19-27-20-6-4-3-5-7-20/h2-7H,1,8-19H2. The molecule has 0 bridgehead atoms. The van der Waals surface area contributed by atoms with Gasteiger partial charge in [0.1, 0.15) is 19.0 Å². The first-order valence-electron chi connectivity index (χ1n) is 9.22. The molecule has 0 saturated carbocycles. The molecule has 7 nitrogen and oxygen atoms in total. The average molecular weight is 384 g/mol. The fraction of sp³-hybridized carbons (Fsp3) is 0.600. The predicted octanol–water partition coefficient (Wildman–Crippen LogP) is 2.31. The van der Waals surface area contributed by atoms with Gasteiger partial charge in [-0.3, -0.25) is 0 Å². The SMILES string of the molecule is C=COCCOCCOCCOCCOCCOCCOc1ccccc1. The lowest BCUT2D eigenvalue weighted by molar-refractivity contribution is -0.0150. The quantitative estimate of drug-likeness (QED) is 0.252. The van der Waals surface area contributed by atoms with Crippen molar-refractivity contribution in [2.24, 2.45) is 0 Å². The van der Waals surface area contributed by atoms with Gasteiger partial charge in [-0.15, -0.1) is 0 Å². The van der Waals surface area contributed by atoms with E-state index in [9.17, 15) is 0 Å². The summed E-state index contributed by atoms with van der Waals surface area (Å²) in [6, 6.07) is 9.67. The van der Waals surface area contributed by atoms with Gasteiger partial charge in [0, 0.05) is 0 Å². The molecule has 1 aromatic rings. The zero-order valence-electron chi connectivity index (χ0n) is 16.0. The molecule has 7 heteroatoms. The van der Waals surface area contributed by atoms with E-state index in [-0.39, 0.29) is 0 Å². The lowest BCUT2D eigenvalue weighted by atomic mass is 10.3. The topological polar surface area (TPSA) is 64.6 Å². The third-order valence-corrected chi connectivity index (χ3v) is 3.19. The molecular formula is C20H32O7. The van der Waals surface area contributed by atoms with Crippen molar-refractivity contribution in [3.63, 3.8) is 0 Å². The molecule has 0 aliphatic heterocycles. The Labute approximate surface area is 162 Å². The molecule has 27 heavy (non-hydrogen) atoms. The summed E-state index contributed by atoms with van der Waals surface area (Å²) >= 11 is 0. The molecule has 0 fully saturated rings. The third kappa shape index (κ3) is 16.3. The highest BCUT2D eigenvalue weighted by atomic mass is 16.6. The van der Waals surface area contributed by atoms with Crippen molar-refractivity contribution in [1.29, 1.82) is 0 Å². The maximum absolute atomic E-state index is 5.52. The summed E-state index contributed by atoms with van der Waals surface area (Å²) < 4.78 is 37.4. The van der Waals surface area contributed by atoms with Crippen LogP contribution in [-0.4, -0.2) is 79.3 Å². The Morgan fingerprint density at radius 2 is 0.963 bits per heavy atom. The summed E-state index contributed by atoms with van der Waals surface area (Å²) in [6.45, 7) is 9.88. The predicted molar refractivity (Wildman–Crippen MR) is 102 cm³/mol. The Balaban J connectivity index is 1.68. The van der Waals surface area contributed by atoms with E-state index in [1.54, 1.807) is 0 Å². The van der Waals surface area contributed by atoms with Crippen LogP contribution in [-0.2, 0) is 28.4 Å². The molecular weight excluding hydrogens is 352 g/mol. The molecule has 0 radical (unpaired) electrons. The first-order chi connectivity index (χ1) is 13.4. The van der Waals surface area contributed by atoms with E-state index in [0.717, 1.165) is 5.75 Å². The number of hydrogen-bond acceptors (Lipinski definition) is 7. The van der Waals surface area contributed by atoms with E-state index in [1.165, 1.54) is 6.26 Å². The van der Waals surface area contributed by atoms with Gasteiger partial charge in [-0.1, -0.05) is 24.8 Å². The van der Waals surface area contributed by atoms with E-state index in [4.69, 9.17) is 33.2 Å². The fourth-order valence-corrected chi connectivity index (χ4v) is 1.91. The van der Waals surface area contributed by atoms with E-state index in [1.807, 2.05) is 30.3 Å². The molecule has 154 valence electrons. The molecule has 0 aliphatic rings. The summed E-state index contributed by atoms with van der Waals surface area (Å²) in [6.07, 6.45) is 1.40. The summed E-state index contributed by atoms with van der Waals surface area (Å²) in [5.41, 5.74) is 0. The maximum atomic E-state index is 5.52. The smallest absolute Gasteiger partial charge is 0.119 e. The highest BCUT2D eigenvalue weighted by Crippen LogP contribution is 2.07. The van der Waals surface area contributed by atoms with Gasteiger partial charge in [-0.25, -0.2) is 0 Å². The van der Waals surface area contributed by atoms with E-state index in [2.05, 4.69) is 6.58 Å². The molecule has 0 aromatic heterocycles. The number of benzene rings is 1. The summed E-state index contributed by atoms with van der Waals surface area (Å²) in [4.78, 5) is 0. The van der Waals surface area contributed by atoms with Crippen molar-refractivity contribution in [2.75, 3.05) is 79.3 Å². The summed E-state index contributed by atoms with van der Waals surface area (Å²) in [5.74, 6) is 0.851. The van der Waals surface area contributed by atoms with Crippen LogP contribution in [0.4, 0.5) is 0 Å². The van der Waals surface area contributed by atoms with Crippen molar-refractivity contribution < 1.29 is 33.2 Å². The third-order valence-electron chi connectivity index (χ3n) is 3.19. The highest BCUT2D eigenvalue weighted by Gasteiger charge is 1.95. The van der Waals surface area contributed by atoms with Gasteiger partial charge < -0.3 is 33.2 Å². The van der Waals surface area contributed by atoms with Crippen LogP contribution in [0.1, 0.15) is 0 Å². The Morgan fingerprint density at radius 1 is 0.556 bits per heavy atom. The molecule has 0 N–H and O–H groups in total. The first kappa shape index (κ1) is 23.4. The number of hydrogen-bond donors (Lipinski definition) is 0. The molecule has 0 amide bonds. The van der Waals surface area contributed by atoms with Crippen molar-refractivity contribution in [3.8, 4) is 5.75 Å². The van der Waals surface area contributed by atoms with Crippen molar-refractivity contribution >= 4 is 0 Å². The van der Waals surface area contributed by atoms with Crippen LogP contribution in [0, 0.1) is 0 Å². The minimum Gasteiger partial charge on any atom is -0.499 e. The molecule has 0 heterocycles. The molecule has 0 atom stereocenters. The van der Waals surface area contributed by atoms with Gasteiger partial charge in [0.2, 0.25) is 0 Å². The number of para-hydroxylation sites is 1. The summed E-state index contributed by atoms with van der Waals surface area (Å²) in [5, 5.41) is 0. The van der Waals surface area contributed by atoms with Crippen molar-refractivity contribution in [3.05, 3.63) is 43.2 Å². The summed E-state index contributed by atoms with van der Waals surface area (Å²) in [7, 11) is 0. The van der Waals surface area contributed by atoms with Gasteiger partial charge >= 0.3 is 0 Å². The van der Waals surface area contributed by atoms with Crippen LogP contribution in [0.2, 0.25) is 0 Å². The monoisotopic (exact) mass is 384 g/mol. The minimum atomic E-state index is 0.513. The fourth-order valence-electron chi connectivity index (χ4n) is 1.91. The first-order valence-corrected chi connectivity index (χ1v) is 9.22. The van der Waals surface area contributed by atoms with Crippen LogP contribution in [0.3, 0.4) is 0 Å². The Hall–Kier alpha value is -1.64. The molecule has 1 rings (SSSR count). The Bertz CT molecular complexity index is 428. The molecule has 1 aromatic carbocycles. The van der Waals surface area contributed by atoms with Crippen molar-refractivity contribution in [2.45, 2.75) is 0 Å². The normalized spacial score (nSPS) is 10.7. The Morgan fingerprint density at radius 3 is 1.41 bits per heavy atom. The zero-order valence-corrected chi connectivity index (χ0v) is 16.0. The average Bonchev–Trinajstić information content (AvgIpc) is 2.70. The van der Waals surface area contributed by atoms with Gasteiger partial charge in [-0.2, -0.15) is 0 Å². The lowest BCUT2D eigenvalue weighted by Crippen LogP contribution is -2.14. The highest BCUT2D eigenvalue weighted by molar-refractivity contribution is 5.20. The zero-order chi connectivity index (χ0) is 19.3. The van der Waals surface area contributed by atoms with Crippen LogP contribution >= 0.6 is 0 Å². The second-order valence-corrected chi connectivity index (χ2v) is 5.26. The van der Waals surface area contributed by atoms with Crippen LogP contribution in [0.25, 0.3) is 0 Å². The number of ether oxygens (including phenoxy) is 7. The maximum Gasteiger partial charge on any atom is 0.119 e. The van der Waals surface area contributed by atoms with E-state index < -0.39 is 0 Å². The van der Waals surface area contributed by atoms with Gasteiger partial charge in [-0.05, 0) is 12.1 Å². The number of rotatable bonds is 20. The second kappa shape index (κ2) is 19.1. The molecule has 0 spiro atoms. The largest absolute Gasteiger partial charge is 0.499 e. The van der Waals surface area contributed by atoms with Crippen LogP contribution in [0.15, 0.2) is 43.2 Å². The van der Waals surface area contributed by atoms with E-state index in [0.29, 0.717) is 79.3 Å². The van der Waals surface area contributed by atoms with Crippen LogP contribution < -0.4 is 4.74 Å². The molecule has 0 aliphatic carbocycles. The minimum absolute atomic E-state index is 0.513. The lowest BCUT2D eigenvalue weighted by Gasteiger charge is -2.08. The molecule has 0 saturated heterocycles. The van der Waals surface area contributed by atoms with E-state index >= 15 is 0 Å². The van der Waals surface area contributed by atoms with Crippen molar-refractivity contribution in [1.82, 2.24) is 0 Å². The van der Waals surface area contributed by atoms with Gasteiger partial charge in [0.05, 0.1) is 72.3 Å². The van der Waals surface area contributed by atoms with Gasteiger partial charge in [0.25, 0.3) is 0 Å². The van der Waals surface area contributed by atoms with Gasteiger partial charge in [0.15, 0.2) is 0 Å².